The number of rotatable bonds is 1. The van der Waals surface area contributed by atoms with Crippen molar-refractivity contribution in [3.8, 4) is 0 Å². The van der Waals surface area contributed by atoms with Crippen molar-refractivity contribution in [3.63, 3.8) is 0 Å². The van der Waals surface area contributed by atoms with Gasteiger partial charge in [-0.1, -0.05) is 0 Å². The molecule has 0 atom stereocenters. The highest BCUT2D eigenvalue weighted by Gasteiger charge is 2.42. The zero-order valence-electron chi connectivity index (χ0n) is 6.81. The van der Waals surface area contributed by atoms with Crippen LogP contribution in [0.2, 0.25) is 0 Å². The molecule has 0 unspecified atom stereocenters. The lowest BCUT2D eigenvalue weighted by molar-refractivity contribution is -0.388. The monoisotopic (exact) mass is 227 g/mol. The van der Waals surface area contributed by atoms with E-state index in [-0.39, 0.29) is 12.1 Å². The van der Waals surface area contributed by atoms with Crippen molar-refractivity contribution >= 4 is 5.69 Å². The predicted octanol–water partition coefficient (Wildman–Crippen LogP) is 2.89. The van der Waals surface area contributed by atoms with Crippen LogP contribution < -0.4 is 0 Å². The number of hydrogen-bond acceptors (Lipinski definition) is 2. The Balaban J connectivity index is 3.57. The van der Waals surface area contributed by atoms with E-state index in [2.05, 4.69) is 0 Å². The lowest BCUT2D eigenvalue weighted by atomic mass is 10.1. The summed E-state index contributed by atoms with van der Waals surface area (Å²) in [6.07, 6.45) is -5.31. The van der Waals surface area contributed by atoms with Gasteiger partial charge in [0, 0.05) is 6.07 Å². The molecule has 8 heteroatoms. The lowest BCUT2D eigenvalue weighted by Gasteiger charge is -2.08. The Hall–Kier alpha value is -1.73. The van der Waals surface area contributed by atoms with Crippen LogP contribution in [0.25, 0.3) is 0 Å². The number of nitro groups is 1. The van der Waals surface area contributed by atoms with Gasteiger partial charge >= 0.3 is 6.18 Å². The van der Waals surface area contributed by atoms with Crippen LogP contribution in [0.15, 0.2) is 12.1 Å². The van der Waals surface area contributed by atoms with Gasteiger partial charge in [-0.15, -0.1) is 0 Å². The minimum Gasteiger partial charge on any atom is -0.258 e. The number of halogens is 5. The maximum absolute atomic E-state index is 12.7. The van der Waals surface area contributed by atoms with Gasteiger partial charge in [-0.2, -0.15) is 13.2 Å². The van der Waals surface area contributed by atoms with Crippen molar-refractivity contribution in [1.29, 1.82) is 0 Å². The number of alkyl halides is 3. The number of nitro benzene ring substituents is 1. The van der Waals surface area contributed by atoms with Gasteiger partial charge in [-0.05, 0) is 6.07 Å². The van der Waals surface area contributed by atoms with Crippen LogP contribution in [0, 0.1) is 21.7 Å². The molecule has 3 nitrogen and oxygen atoms in total. The molecule has 1 rings (SSSR count). The fourth-order valence-electron chi connectivity index (χ4n) is 0.962. The third-order valence-electron chi connectivity index (χ3n) is 1.55. The quantitative estimate of drug-likeness (QED) is 0.420. The van der Waals surface area contributed by atoms with Gasteiger partial charge < -0.3 is 0 Å². The molecule has 0 radical (unpaired) electrons. The van der Waals surface area contributed by atoms with Crippen LogP contribution >= 0.6 is 0 Å². The van der Waals surface area contributed by atoms with Crippen molar-refractivity contribution in [1.82, 2.24) is 0 Å². The SMILES string of the molecule is O=[N+]([O-])c1ccc(F)c(F)c1C(F)(F)F. The molecule has 1 aromatic carbocycles. The molecule has 0 spiro atoms. The van der Waals surface area contributed by atoms with E-state index in [0.29, 0.717) is 0 Å². The Labute approximate surface area is 79.3 Å². The Kier molecular flexibility index (Phi) is 2.61. The zero-order chi connectivity index (χ0) is 11.8. The summed E-state index contributed by atoms with van der Waals surface area (Å²) >= 11 is 0. The minimum absolute atomic E-state index is 0.265. The van der Waals surface area contributed by atoms with Crippen molar-refractivity contribution < 1.29 is 26.9 Å². The molecule has 1 aromatic rings. The van der Waals surface area contributed by atoms with E-state index in [4.69, 9.17) is 0 Å². The summed E-state index contributed by atoms with van der Waals surface area (Å²) in [5.41, 5.74) is -3.71. The first-order valence-corrected chi connectivity index (χ1v) is 3.44. The van der Waals surface area contributed by atoms with E-state index in [9.17, 15) is 32.1 Å². The van der Waals surface area contributed by atoms with Gasteiger partial charge in [0.2, 0.25) is 0 Å². The third-order valence-corrected chi connectivity index (χ3v) is 1.55. The average molecular weight is 227 g/mol. The summed E-state index contributed by atoms with van der Waals surface area (Å²) in [4.78, 5) is 8.72. The van der Waals surface area contributed by atoms with Crippen LogP contribution in [-0.2, 0) is 6.18 Å². The van der Waals surface area contributed by atoms with E-state index in [0.717, 1.165) is 0 Å². The molecule has 0 amide bonds. The maximum Gasteiger partial charge on any atom is 0.425 e. The summed E-state index contributed by atoms with van der Waals surface area (Å²) in [5.74, 6) is -4.05. The number of nitrogens with zero attached hydrogens (tertiary/aromatic N) is 1. The van der Waals surface area contributed by atoms with Crippen molar-refractivity contribution in [3.05, 3.63) is 39.4 Å². The first-order valence-electron chi connectivity index (χ1n) is 3.44. The topological polar surface area (TPSA) is 43.1 Å². The first kappa shape index (κ1) is 11.3. The van der Waals surface area contributed by atoms with Crippen LogP contribution in [0.1, 0.15) is 5.56 Å². The normalized spacial score (nSPS) is 11.5. The van der Waals surface area contributed by atoms with Gasteiger partial charge in [-0.3, -0.25) is 10.1 Å². The second kappa shape index (κ2) is 3.44. The molecule has 0 saturated heterocycles. The highest BCUT2D eigenvalue weighted by molar-refractivity contribution is 5.43. The van der Waals surface area contributed by atoms with Gasteiger partial charge in [0.05, 0.1) is 4.92 Å². The smallest absolute Gasteiger partial charge is 0.258 e. The van der Waals surface area contributed by atoms with Crippen molar-refractivity contribution in [2.75, 3.05) is 0 Å². The summed E-state index contributed by atoms with van der Waals surface area (Å²) < 4.78 is 61.6. The average Bonchev–Trinajstić information content (AvgIpc) is 2.06. The van der Waals surface area contributed by atoms with Crippen molar-refractivity contribution in [2.24, 2.45) is 0 Å². The molecule has 0 N–H and O–H groups in total. The molecule has 82 valence electrons. The highest BCUT2D eigenvalue weighted by Crippen LogP contribution is 2.38. The lowest BCUT2D eigenvalue weighted by Crippen LogP contribution is -2.13. The molecular formula is C7H2F5NO2. The minimum atomic E-state index is -5.31. The molecule has 0 heterocycles. The molecule has 0 aliphatic carbocycles. The van der Waals surface area contributed by atoms with E-state index >= 15 is 0 Å². The van der Waals surface area contributed by atoms with E-state index < -0.39 is 34.0 Å². The molecule has 0 aliphatic heterocycles. The molecule has 0 bridgehead atoms. The second-order valence-electron chi connectivity index (χ2n) is 2.51. The summed E-state index contributed by atoms with van der Waals surface area (Å²) in [5, 5.41) is 10.1. The molecule has 0 aliphatic rings. The van der Waals surface area contributed by atoms with Gasteiger partial charge in [0.25, 0.3) is 5.69 Å². The Morgan fingerprint density at radius 2 is 1.73 bits per heavy atom. The number of benzene rings is 1. The molecule has 0 aromatic heterocycles. The van der Waals surface area contributed by atoms with E-state index in [1.54, 1.807) is 0 Å². The van der Waals surface area contributed by atoms with Gasteiger partial charge in [-0.25, -0.2) is 8.78 Å². The van der Waals surface area contributed by atoms with Crippen LogP contribution in [0.5, 0.6) is 0 Å². The van der Waals surface area contributed by atoms with E-state index in [1.807, 2.05) is 0 Å². The summed E-state index contributed by atoms with van der Waals surface area (Å²) in [6, 6.07) is 0.532. The largest absolute Gasteiger partial charge is 0.425 e. The van der Waals surface area contributed by atoms with Gasteiger partial charge in [0.15, 0.2) is 17.2 Å². The van der Waals surface area contributed by atoms with Crippen molar-refractivity contribution in [2.45, 2.75) is 6.18 Å². The summed E-state index contributed by atoms with van der Waals surface area (Å²) in [7, 11) is 0. The Morgan fingerprint density at radius 1 is 1.20 bits per heavy atom. The Morgan fingerprint density at radius 3 is 2.13 bits per heavy atom. The van der Waals surface area contributed by atoms with E-state index in [1.165, 1.54) is 0 Å². The third kappa shape index (κ3) is 2.03. The second-order valence-corrected chi connectivity index (χ2v) is 2.51. The molecular weight excluding hydrogens is 225 g/mol. The van der Waals surface area contributed by atoms with Gasteiger partial charge in [0.1, 0.15) is 0 Å². The highest BCUT2D eigenvalue weighted by atomic mass is 19.4. The first-order chi connectivity index (χ1) is 6.75. The standard InChI is InChI=1S/C7H2F5NO2/c8-3-1-2-4(13(14)15)5(6(3)9)7(10,11)12/h1-2H. The van der Waals surface area contributed by atoms with Crippen LogP contribution in [0.4, 0.5) is 27.6 Å². The summed E-state index contributed by atoms with van der Waals surface area (Å²) in [6.45, 7) is 0. The zero-order valence-corrected chi connectivity index (χ0v) is 6.81. The van der Waals surface area contributed by atoms with Crippen LogP contribution in [0.3, 0.4) is 0 Å². The fraction of sp³-hybridized carbons (Fsp3) is 0.143. The molecule has 15 heavy (non-hydrogen) atoms. The Bertz CT molecular complexity index is 415. The van der Waals surface area contributed by atoms with Crippen LogP contribution in [-0.4, -0.2) is 4.92 Å². The fourth-order valence-corrected chi connectivity index (χ4v) is 0.962. The maximum atomic E-state index is 12.7. The predicted molar refractivity (Wildman–Crippen MR) is 38.0 cm³/mol. The molecule has 0 fully saturated rings. The number of hydrogen-bond donors (Lipinski definition) is 0. The molecule has 0 saturated carbocycles.